The Bertz CT molecular complexity index is 1430. The van der Waals surface area contributed by atoms with Crippen LogP contribution in [0.15, 0.2) is 94.5 Å². The zero-order valence-corrected chi connectivity index (χ0v) is 17.1. The molecule has 5 nitrogen and oxygen atoms in total. The molecule has 146 valence electrons. The predicted molar refractivity (Wildman–Crippen MR) is 118 cm³/mol. The minimum absolute atomic E-state index is 0.210. The van der Waals surface area contributed by atoms with Gasteiger partial charge in [-0.25, -0.2) is 14.4 Å². The highest BCUT2D eigenvalue weighted by molar-refractivity contribution is 9.10. The number of hydrogen-bond donors (Lipinski definition) is 0. The van der Waals surface area contributed by atoms with Gasteiger partial charge in [0.1, 0.15) is 12.1 Å². The maximum Gasteiger partial charge on any atom is 0.286 e. The summed E-state index contributed by atoms with van der Waals surface area (Å²) >= 11 is 3.40. The van der Waals surface area contributed by atoms with Crippen molar-refractivity contribution in [3.05, 3.63) is 106 Å². The zero-order valence-electron chi connectivity index (χ0n) is 15.5. The van der Waals surface area contributed by atoms with Gasteiger partial charge in [0.15, 0.2) is 17.0 Å². The molecule has 0 aliphatic rings. The van der Waals surface area contributed by atoms with Crippen molar-refractivity contribution in [3.8, 4) is 22.8 Å². The van der Waals surface area contributed by atoms with E-state index in [-0.39, 0.29) is 22.5 Å². The molecular weight excluding hydrogens is 447 g/mol. The van der Waals surface area contributed by atoms with Crippen molar-refractivity contribution in [1.29, 1.82) is 0 Å². The van der Waals surface area contributed by atoms with Crippen LogP contribution in [0.25, 0.3) is 33.9 Å². The maximum absolute atomic E-state index is 14.7. The van der Waals surface area contributed by atoms with E-state index in [2.05, 4.69) is 20.9 Å². The molecule has 0 radical (unpaired) electrons. The monoisotopic (exact) mass is 460 g/mol. The third-order valence-corrected chi connectivity index (χ3v) is 5.33. The quantitative estimate of drug-likeness (QED) is 0.374. The smallest absolute Gasteiger partial charge is 0.283 e. The van der Waals surface area contributed by atoms with Crippen molar-refractivity contribution >= 4 is 27.1 Å². The molecule has 7 heteroatoms. The number of para-hydroxylation sites is 1. The van der Waals surface area contributed by atoms with Gasteiger partial charge in [-0.2, -0.15) is 0 Å². The van der Waals surface area contributed by atoms with Crippen LogP contribution in [0.2, 0.25) is 0 Å². The molecule has 5 aromatic rings. The van der Waals surface area contributed by atoms with Gasteiger partial charge in [0.2, 0.25) is 0 Å². The fourth-order valence-electron chi connectivity index (χ4n) is 3.38. The highest BCUT2D eigenvalue weighted by Gasteiger charge is 2.20. The molecule has 0 aliphatic carbocycles. The molecule has 0 fully saturated rings. The first-order chi connectivity index (χ1) is 14.6. The van der Waals surface area contributed by atoms with Crippen molar-refractivity contribution in [2.24, 2.45) is 0 Å². The molecule has 0 unspecified atom stereocenters. The average molecular weight is 461 g/mol. The fraction of sp³-hybridized carbons (Fsp3) is 0. The van der Waals surface area contributed by atoms with E-state index in [0.29, 0.717) is 11.3 Å². The summed E-state index contributed by atoms with van der Waals surface area (Å²) in [4.78, 5) is 22.5. The summed E-state index contributed by atoms with van der Waals surface area (Å²) in [5, 5.41) is 0. The first kappa shape index (κ1) is 18.4. The van der Waals surface area contributed by atoms with Crippen LogP contribution in [-0.2, 0) is 0 Å². The minimum Gasteiger partial charge on any atom is -0.283 e. The summed E-state index contributed by atoms with van der Waals surface area (Å²) in [5.74, 6) is -0.244. The fourth-order valence-corrected chi connectivity index (χ4v) is 3.65. The highest BCUT2D eigenvalue weighted by Crippen LogP contribution is 2.26. The summed E-state index contributed by atoms with van der Waals surface area (Å²) in [6, 6.07) is 23.0. The summed E-state index contributed by atoms with van der Waals surface area (Å²) in [6.07, 6.45) is 1.56. The van der Waals surface area contributed by atoms with E-state index in [1.165, 1.54) is 10.6 Å². The van der Waals surface area contributed by atoms with Gasteiger partial charge in [-0.3, -0.25) is 13.9 Å². The standard InChI is InChI=1S/C23H14BrFN4O/c24-15-10-12-17(13-11-15)29-21(18-8-4-5-9-19(18)25)27-22-20(23(29)30)26-14-28(22)16-6-2-1-3-7-16/h1-14H. The van der Waals surface area contributed by atoms with Crippen LogP contribution in [-0.4, -0.2) is 19.1 Å². The normalized spacial score (nSPS) is 11.1. The lowest BCUT2D eigenvalue weighted by Gasteiger charge is -2.14. The van der Waals surface area contributed by atoms with Gasteiger partial charge in [-0.05, 0) is 48.5 Å². The van der Waals surface area contributed by atoms with E-state index in [0.717, 1.165) is 10.2 Å². The van der Waals surface area contributed by atoms with Gasteiger partial charge in [0, 0.05) is 10.2 Å². The van der Waals surface area contributed by atoms with E-state index in [1.54, 1.807) is 41.2 Å². The van der Waals surface area contributed by atoms with E-state index in [1.807, 2.05) is 42.5 Å². The molecule has 2 heterocycles. The lowest BCUT2D eigenvalue weighted by Crippen LogP contribution is -2.22. The zero-order chi connectivity index (χ0) is 20.7. The lowest BCUT2D eigenvalue weighted by molar-refractivity contribution is 0.629. The van der Waals surface area contributed by atoms with Gasteiger partial charge in [0.05, 0.1) is 11.3 Å². The Balaban J connectivity index is 1.88. The van der Waals surface area contributed by atoms with Gasteiger partial charge in [-0.15, -0.1) is 0 Å². The Morgan fingerprint density at radius 3 is 2.27 bits per heavy atom. The molecule has 0 aliphatic heterocycles. The second-order valence-electron chi connectivity index (χ2n) is 6.65. The highest BCUT2D eigenvalue weighted by atomic mass is 79.9. The van der Waals surface area contributed by atoms with Crippen molar-refractivity contribution in [1.82, 2.24) is 19.1 Å². The minimum atomic E-state index is -0.458. The first-order valence-electron chi connectivity index (χ1n) is 9.20. The lowest BCUT2D eigenvalue weighted by atomic mass is 10.2. The number of imidazole rings is 1. The molecule has 2 aromatic heterocycles. The van der Waals surface area contributed by atoms with Crippen LogP contribution in [0.3, 0.4) is 0 Å². The number of halogens is 2. The first-order valence-corrected chi connectivity index (χ1v) is 9.99. The summed E-state index contributed by atoms with van der Waals surface area (Å²) in [6.45, 7) is 0. The Morgan fingerprint density at radius 2 is 1.53 bits per heavy atom. The van der Waals surface area contributed by atoms with Gasteiger partial charge < -0.3 is 0 Å². The molecule has 30 heavy (non-hydrogen) atoms. The summed E-state index contributed by atoms with van der Waals surface area (Å²) < 4.78 is 18.7. The SMILES string of the molecule is O=c1c2ncn(-c3ccccc3)c2nc(-c2ccccc2F)n1-c1ccc(Br)cc1. The van der Waals surface area contributed by atoms with Gasteiger partial charge >= 0.3 is 0 Å². The molecule has 0 atom stereocenters. The molecule has 0 N–H and O–H groups in total. The van der Waals surface area contributed by atoms with Crippen molar-refractivity contribution < 1.29 is 4.39 Å². The van der Waals surface area contributed by atoms with Crippen molar-refractivity contribution in [2.45, 2.75) is 0 Å². The van der Waals surface area contributed by atoms with Crippen molar-refractivity contribution in [3.63, 3.8) is 0 Å². The second-order valence-corrected chi connectivity index (χ2v) is 7.57. The maximum atomic E-state index is 14.7. The Morgan fingerprint density at radius 1 is 0.833 bits per heavy atom. The van der Waals surface area contributed by atoms with E-state index < -0.39 is 5.82 Å². The molecule has 0 amide bonds. The predicted octanol–water partition coefficient (Wildman–Crippen LogP) is 5.14. The van der Waals surface area contributed by atoms with Crippen molar-refractivity contribution in [2.75, 3.05) is 0 Å². The number of hydrogen-bond acceptors (Lipinski definition) is 3. The molecule has 3 aromatic carbocycles. The third-order valence-electron chi connectivity index (χ3n) is 4.81. The number of rotatable bonds is 3. The number of benzene rings is 3. The Kier molecular flexibility index (Phi) is 4.52. The molecule has 0 spiro atoms. The molecule has 0 saturated carbocycles. The topological polar surface area (TPSA) is 52.7 Å². The number of fused-ring (bicyclic) bond motifs is 1. The molecular formula is C23H14BrFN4O. The summed E-state index contributed by atoms with van der Waals surface area (Å²) in [7, 11) is 0. The second kappa shape index (κ2) is 7.35. The van der Waals surface area contributed by atoms with E-state index >= 15 is 0 Å². The van der Waals surface area contributed by atoms with Crippen LogP contribution in [0.1, 0.15) is 0 Å². The van der Waals surface area contributed by atoms with Crippen LogP contribution >= 0.6 is 15.9 Å². The summed E-state index contributed by atoms with van der Waals surface area (Å²) in [5.41, 5.74) is 1.84. The van der Waals surface area contributed by atoms with Gasteiger partial charge in [-0.1, -0.05) is 46.3 Å². The van der Waals surface area contributed by atoms with Crippen LogP contribution in [0.5, 0.6) is 0 Å². The number of nitrogens with zero attached hydrogens (tertiary/aromatic N) is 4. The average Bonchev–Trinajstić information content (AvgIpc) is 3.20. The van der Waals surface area contributed by atoms with Crippen LogP contribution in [0.4, 0.5) is 4.39 Å². The molecule has 0 saturated heterocycles. The Labute approximate surface area is 179 Å². The van der Waals surface area contributed by atoms with Crippen LogP contribution < -0.4 is 5.56 Å². The largest absolute Gasteiger partial charge is 0.286 e. The van der Waals surface area contributed by atoms with E-state index in [9.17, 15) is 9.18 Å². The molecule has 5 rings (SSSR count). The van der Waals surface area contributed by atoms with Gasteiger partial charge in [0.25, 0.3) is 5.56 Å². The number of aromatic nitrogens is 4. The molecule has 0 bridgehead atoms. The Hall–Kier alpha value is -3.58. The van der Waals surface area contributed by atoms with E-state index in [4.69, 9.17) is 4.98 Å². The third kappa shape index (κ3) is 3.04. The van der Waals surface area contributed by atoms with Crippen LogP contribution in [0, 0.1) is 5.82 Å².